The number of carbonyl (C=O) groups is 1. The van der Waals surface area contributed by atoms with E-state index in [1.54, 1.807) is 7.05 Å². The van der Waals surface area contributed by atoms with E-state index in [0.29, 0.717) is 13.0 Å². The highest BCUT2D eigenvalue weighted by molar-refractivity contribution is 5.93. The maximum absolute atomic E-state index is 11.6. The monoisotopic (exact) mass is 262 g/mol. The van der Waals surface area contributed by atoms with Crippen LogP contribution in [0.5, 0.6) is 0 Å². The summed E-state index contributed by atoms with van der Waals surface area (Å²) in [6, 6.07) is 5.76. The van der Waals surface area contributed by atoms with Gasteiger partial charge in [0.25, 0.3) is 5.69 Å². The van der Waals surface area contributed by atoms with E-state index in [2.05, 4.69) is 10.6 Å². The van der Waals surface area contributed by atoms with Crippen LogP contribution in [0.2, 0.25) is 0 Å². The molecule has 0 aliphatic heterocycles. The number of carbonyl (C=O) groups excluding carboxylic acids is 1. The highest BCUT2D eigenvalue weighted by Gasteiger charge is 2.16. The van der Waals surface area contributed by atoms with Crippen molar-refractivity contribution < 1.29 is 9.72 Å². The number of nitrogens with one attached hydrogen (secondary N) is 2. The molecule has 0 saturated heterocycles. The Labute approximate surface area is 110 Å². The molecule has 0 heterocycles. The lowest BCUT2D eigenvalue weighted by Crippen LogP contribution is -2.16. The molecule has 0 spiro atoms. The maximum Gasteiger partial charge on any atom is 0.294 e. The quantitative estimate of drug-likeness (QED) is 0.457. The molecule has 0 saturated carbocycles. The predicted octanol–water partition coefficient (Wildman–Crippen LogP) is 1.40. The zero-order valence-corrected chi connectivity index (χ0v) is 10.5. The molecule has 1 amide bonds. The van der Waals surface area contributed by atoms with E-state index in [1.807, 2.05) is 6.07 Å². The van der Waals surface area contributed by atoms with Gasteiger partial charge in [-0.25, -0.2) is 0 Å². The minimum absolute atomic E-state index is 0.110. The zero-order valence-electron chi connectivity index (χ0n) is 10.5. The van der Waals surface area contributed by atoms with E-state index < -0.39 is 4.92 Å². The fourth-order valence-electron chi connectivity index (χ4n) is 1.50. The minimum Gasteiger partial charge on any atom is -0.320 e. The lowest BCUT2D eigenvalue weighted by Gasteiger charge is -2.06. The lowest BCUT2D eigenvalue weighted by atomic mass is 10.2. The topological polar surface area (TPSA) is 108 Å². The van der Waals surface area contributed by atoms with Gasteiger partial charge in [-0.1, -0.05) is 0 Å². The van der Waals surface area contributed by atoms with Gasteiger partial charge in [0.2, 0.25) is 5.91 Å². The Balaban J connectivity index is 2.80. The number of hydrogen-bond acceptors (Lipinski definition) is 5. The van der Waals surface area contributed by atoms with Crippen LogP contribution >= 0.6 is 0 Å². The SMILES string of the molecule is CNCCCC(=O)Nc1ccc(C#N)cc1[N+](=O)[O-]. The third-order valence-electron chi connectivity index (χ3n) is 2.43. The van der Waals surface area contributed by atoms with E-state index in [4.69, 9.17) is 5.26 Å². The molecule has 0 radical (unpaired) electrons. The molecule has 0 aliphatic rings. The number of anilines is 1. The Bertz CT molecular complexity index is 522. The molecule has 0 bridgehead atoms. The average Bonchev–Trinajstić information content (AvgIpc) is 2.39. The molecule has 0 aliphatic carbocycles. The Morgan fingerprint density at radius 2 is 2.26 bits per heavy atom. The van der Waals surface area contributed by atoms with Crippen LogP contribution in [-0.2, 0) is 4.79 Å². The summed E-state index contributed by atoms with van der Waals surface area (Å²) < 4.78 is 0. The van der Waals surface area contributed by atoms with Gasteiger partial charge >= 0.3 is 0 Å². The van der Waals surface area contributed by atoms with Crippen molar-refractivity contribution in [1.29, 1.82) is 5.26 Å². The number of hydrogen-bond donors (Lipinski definition) is 2. The number of nitriles is 1. The number of rotatable bonds is 6. The molecule has 0 aromatic heterocycles. The Kier molecular flexibility index (Phi) is 5.44. The summed E-state index contributed by atoms with van der Waals surface area (Å²) in [6.45, 7) is 0.697. The van der Waals surface area contributed by atoms with Crippen molar-refractivity contribution in [2.75, 3.05) is 18.9 Å². The van der Waals surface area contributed by atoms with E-state index in [9.17, 15) is 14.9 Å². The van der Waals surface area contributed by atoms with E-state index >= 15 is 0 Å². The van der Waals surface area contributed by atoms with Gasteiger partial charge in [0.05, 0.1) is 16.6 Å². The van der Waals surface area contributed by atoms with Crippen LogP contribution in [0.1, 0.15) is 18.4 Å². The number of nitro benzene ring substituents is 1. The zero-order chi connectivity index (χ0) is 14.3. The first-order valence-electron chi connectivity index (χ1n) is 5.71. The molecule has 0 atom stereocenters. The molecule has 2 N–H and O–H groups in total. The second-order valence-electron chi connectivity index (χ2n) is 3.86. The summed E-state index contributed by atoms with van der Waals surface area (Å²) in [7, 11) is 1.78. The van der Waals surface area contributed by atoms with Crippen molar-refractivity contribution in [2.24, 2.45) is 0 Å². The van der Waals surface area contributed by atoms with E-state index in [-0.39, 0.29) is 29.3 Å². The first-order chi connectivity index (χ1) is 9.08. The Hall–Kier alpha value is -2.46. The van der Waals surface area contributed by atoms with Gasteiger partial charge in [0.1, 0.15) is 5.69 Å². The predicted molar refractivity (Wildman–Crippen MR) is 69.6 cm³/mol. The first kappa shape index (κ1) is 14.6. The summed E-state index contributed by atoms with van der Waals surface area (Å²) in [4.78, 5) is 21.8. The molecule has 7 heteroatoms. The van der Waals surface area contributed by atoms with Crippen molar-refractivity contribution in [2.45, 2.75) is 12.8 Å². The maximum atomic E-state index is 11.6. The Morgan fingerprint density at radius 3 is 2.84 bits per heavy atom. The van der Waals surface area contributed by atoms with Gasteiger partial charge in [0, 0.05) is 12.5 Å². The first-order valence-corrected chi connectivity index (χ1v) is 5.71. The van der Waals surface area contributed by atoms with Gasteiger partial charge in [-0.15, -0.1) is 0 Å². The molecule has 100 valence electrons. The fraction of sp³-hybridized carbons (Fsp3) is 0.333. The van der Waals surface area contributed by atoms with Crippen molar-refractivity contribution >= 4 is 17.3 Å². The number of nitro groups is 1. The summed E-state index contributed by atoms with van der Waals surface area (Å²) >= 11 is 0. The summed E-state index contributed by atoms with van der Waals surface area (Å²) in [5, 5.41) is 25.0. The van der Waals surface area contributed by atoms with Crippen LogP contribution in [-0.4, -0.2) is 24.4 Å². The van der Waals surface area contributed by atoms with Crippen LogP contribution < -0.4 is 10.6 Å². The van der Waals surface area contributed by atoms with Gasteiger partial charge in [-0.3, -0.25) is 14.9 Å². The normalized spacial score (nSPS) is 9.68. The van der Waals surface area contributed by atoms with Crippen molar-refractivity contribution in [3.63, 3.8) is 0 Å². The molecular weight excluding hydrogens is 248 g/mol. The highest BCUT2D eigenvalue weighted by atomic mass is 16.6. The molecule has 19 heavy (non-hydrogen) atoms. The van der Waals surface area contributed by atoms with Crippen LogP contribution in [0.4, 0.5) is 11.4 Å². The van der Waals surface area contributed by atoms with Crippen LogP contribution in [0.25, 0.3) is 0 Å². The van der Waals surface area contributed by atoms with Crippen molar-refractivity contribution in [1.82, 2.24) is 5.32 Å². The molecule has 7 nitrogen and oxygen atoms in total. The second-order valence-corrected chi connectivity index (χ2v) is 3.86. The molecule has 1 rings (SSSR count). The highest BCUT2D eigenvalue weighted by Crippen LogP contribution is 2.25. The number of amides is 1. The lowest BCUT2D eigenvalue weighted by molar-refractivity contribution is -0.383. The summed E-state index contributed by atoms with van der Waals surface area (Å²) in [5.41, 5.74) is 0.0133. The number of benzene rings is 1. The Morgan fingerprint density at radius 1 is 1.53 bits per heavy atom. The van der Waals surface area contributed by atoms with Gasteiger partial charge < -0.3 is 10.6 Å². The summed E-state index contributed by atoms with van der Waals surface area (Å²) in [6.07, 6.45) is 0.921. The van der Waals surface area contributed by atoms with Crippen LogP contribution in [0.3, 0.4) is 0 Å². The molecule has 0 unspecified atom stereocenters. The van der Waals surface area contributed by atoms with Crippen LogP contribution in [0.15, 0.2) is 18.2 Å². The third-order valence-corrected chi connectivity index (χ3v) is 2.43. The van der Waals surface area contributed by atoms with Gasteiger partial charge in [-0.2, -0.15) is 5.26 Å². The number of nitrogens with zero attached hydrogens (tertiary/aromatic N) is 2. The van der Waals surface area contributed by atoms with Gasteiger partial charge in [0.15, 0.2) is 0 Å². The molecular formula is C12H14N4O3. The summed E-state index contributed by atoms with van der Waals surface area (Å²) in [5.74, 6) is -0.289. The fourth-order valence-corrected chi connectivity index (χ4v) is 1.50. The largest absolute Gasteiger partial charge is 0.320 e. The molecule has 1 aromatic carbocycles. The molecule has 1 aromatic rings. The van der Waals surface area contributed by atoms with Crippen LogP contribution in [0, 0.1) is 21.4 Å². The minimum atomic E-state index is -0.621. The second kappa shape index (κ2) is 7.08. The van der Waals surface area contributed by atoms with Gasteiger partial charge in [-0.05, 0) is 32.1 Å². The van der Waals surface area contributed by atoms with E-state index in [0.717, 1.165) is 6.07 Å². The standard InChI is InChI=1S/C12H14N4O3/c1-14-6-2-3-12(17)15-10-5-4-9(8-13)7-11(10)16(18)19/h4-5,7,14H,2-3,6H2,1H3,(H,15,17). The van der Waals surface area contributed by atoms with Crippen molar-refractivity contribution in [3.05, 3.63) is 33.9 Å². The molecule has 0 fully saturated rings. The third kappa shape index (κ3) is 4.37. The van der Waals surface area contributed by atoms with E-state index in [1.165, 1.54) is 12.1 Å². The smallest absolute Gasteiger partial charge is 0.294 e. The average molecular weight is 262 g/mol. The van der Waals surface area contributed by atoms with Crippen molar-refractivity contribution in [3.8, 4) is 6.07 Å².